The summed E-state index contributed by atoms with van der Waals surface area (Å²) in [4.78, 5) is 38.6. The highest BCUT2D eigenvalue weighted by Crippen LogP contribution is 2.42. The smallest absolute Gasteiger partial charge is 0.277 e. The molecule has 1 heterocycles. The van der Waals surface area contributed by atoms with E-state index < -0.39 is 11.4 Å². The number of amides is 4. The monoisotopic (exact) mass is 278 g/mol. The van der Waals surface area contributed by atoms with Crippen molar-refractivity contribution in [3.05, 3.63) is 0 Å². The second-order valence-electron chi connectivity index (χ2n) is 6.65. The van der Waals surface area contributed by atoms with E-state index in [2.05, 4.69) is 12.2 Å². The topological polar surface area (TPSA) is 66.5 Å². The molecular weight excluding hydrogens is 256 g/mol. The predicted molar refractivity (Wildman–Crippen MR) is 72.7 cm³/mol. The van der Waals surface area contributed by atoms with Crippen LogP contribution in [0.15, 0.2) is 0 Å². The highest BCUT2D eigenvalue weighted by molar-refractivity contribution is 6.19. The average Bonchev–Trinajstić information content (AvgIpc) is 2.84. The molecule has 4 amide bonds. The molecule has 0 aromatic heterocycles. The number of carbonyl (C=O) groups is 3. The van der Waals surface area contributed by atoms with Crippen LogP contribution in [0.2, 0.25) is 0 Å². The van der Waals surface area contributed by atoms with Gasteiger partial charge in [0.1, 0.15) is 5.41 Å². The minimum absolute atomic E-state index is 0.0237. The summed E-state index contributed by atoms with van der Waals surface area (Å²) in [6.45, 7) is 2.15. The second-order valence-corrected chi connectivity index (χ2v) is 6.65. The van der Waals surface area contributed by atoms with Crippen LogP contribution in [0, 0.1) is 11.3 Å². The number of nitrogens with one attached hydrogen (secondary N) is 1. The highest BCUT2D eigenvalue weighted by Gasteiger charge is 2.55. The van der Waals surface area contributed by atoms with Gasteiger partial charge in [-0.05, 0) is 38.0 Å². The Labute approximate surface area is 119 Å². The zero-order valence-corrected chi connectivity index (χ0v) is 12.0. The molecule has 110 valence electrons. The summed E-state index contributed by atoms with van der Waals surface area (Å²) in [6.07, 6.45) is 6.80. The third kappa shape index (κ3) is 1.95. The normalized spacial score (nSPS) is 33.6. The molecule has 1 saturated heterocycles. The van der Waals surface area contributed by atoms with Gasteiger partial charge in [0.15, 0.2) is 0 Å². The first-order valence-electron chi connectivity index (χ1n) is 7.74. The summed E-state index contributed by atoms with van der Waals surface area (Å²) in [5, 5.41) is 2.44. The van der Waals surface area contributed by atoms with Gasteiger partial charge in [-0.15, -0.1) is 0 Å². The zero-order valence-electron chi connectivity index (χ0n) is 12.0. The minimum atomic E-state index is -0.960. The minimum Gasteiger partial charge on any atom is -0.277 e. The van der Waals surface area contributed by atoms with E-state index in [1.54, 1.807) is 0 Å². The van der Waals surface area contributed by atoms with Crippen LogP contribution in [0.3, 0.4) is 0 Å². The van der Waals surface area contributed by atoms with E-state index in [1.165, 1.54) is 4.90 Å². The molecule has 2 atom stereocenters. The van der Waals surface area contributed by atoms with E-state index in [0.29, 0.717) is 18.8 Å². The van der Waals surface area contributed by atoms with Crippen molar-refractivity contribution < 1.29 is 14.4 Å². The Morgan fingerprint density at radius 1 is 1.10 bits per heavy atom. The van der Waals surface area contributed by atoms with Gasteiger partial charge in [-0.1, -0.05) is 26.2 Å². The van der Waals surface area contributed by atoms with Crippen LogP contribution < -0.4 is 5.32 Å². The van der Waals surface area contributed by atoms with Crippen LogP contribution in [0.5, 0.6) is 0 Å². The van der Waals surface area contributed by atoms with E-state index in [9.17, 15) is 14.4 Å². The van der Waals surface area contributed by atoms with Crippen molar-refractivity contribution in [1.82, 2.24) is 10.2 Å². The number of hydrogen-bond acceptors (Lipinski definition) is 3. The van der Waals surface area contributed by atoms with Crippen molar-refractivity contribution in [2.75, 3.05) is 0 Å². The van der Waals surface area contributed by atoms with Gasteiger partial charge in [0.2, 0.25) is 11.8 Å². The quantitative estimate of drug-likeness (QED) is 0.748. The third-order valence-electron chi connectivity index (χ3n) is 5.24. The molecule has 20 heavy (non-hydrogen) atoms. The summed E-state index contributed by atoms with van der Waals surface area (Å²) in [5.74, 6) is -0.0555. The van der Waals surface area contributed by atoms with Crippen molar-refractivity contribution in [1.29, 1.82) is 0 Å². The zero-order chi connectivity index (χ0) is 14.3. The third-order valence-corrected chi connectivity index (χ3v) is 5.24. The van der Waals surface area contributed by atoms with Gasteiger partial charge in [0.25, 0.3) is 0 Å². The first-order valence-corrected chi connectivity index (χ1v) is 7.74. The first kappa shape index (κ1) is 13.6. The number of barbiturate groups is 1. The molecule has 5 heteroatoms. The Hall–Kier alpha value is -1.39. The largest absolute Gasteiger partial charge is 0.331 e. The molecule has 2 saturated carbocycles. The molecule has 0 aromatic carbocycles. The van der Waals surface area contributed by atoms with E-state index >= 15 is 0 Å². The molecule has 0 aromatic rings. The summed E-state index contributed by atoms with van der Waals surface area (Å²) in [5.41, 5.74) is -0.960. The van der Waals surface area contributed by atoms with Crippen molar-refractivity contribution in [3.63, 3.8) is 0 Å². The molecule has 3 rings (SSSR count). The number of carbonyl (C=O) groups excluding carboxylic acids is 3. The van der Waals surface area contributed by atoms with Crippen molar-refractivity contribution in [3.8, 4) is 0 Å². The molecule has 2 aliphatic carbocycles. The van der Waals surface area contributed by atoms with Gasteiger partial charge < -0.3 is 0 Å². The lowest BCUT2D eigenvalue weighted by molar-refractivity contribution is -0.155. The van der Waals surface area contributed by atoms with Crippen LogP contribution in [0.25, 0.3) is 0 Å². The highest BCUT2D eigenvalue weighted by atomic mass is 16.2. The average molecular weight is 278 g/mol. The van der Waals surface area contributed by atoms with Crippen LogP contribution in [0.1, 0.15) is 58.3 Å². The molecule has 0 bridgehead atoms. The molecule has 1 aliphatic heterocycles. The Balaban J connectivity index is 1.88. The first-order chi connectivity index (χ1) is 9.54. The van der Waals surface area contributed by atoms with Gasteiger partial charge in [-0.2, -0.15) is 0 Å². The van der Waals surface area contributed by atoms with Crippen molar-refractivity contribution in [2.45, 2.75) is 64.3 Å². The van der Waals surface area contributed by atoms with E-state index in [0.717, 1.165) is 38.5 Å². The predicted octanol–water partition coefficient (Wildman–Crippen LogP) is 2.20. The standard InChI is InChI=1S/C15H22N2O3/c1-10-5-6-11(9-10)17-13(19)15(7-3-2-4-8-15)12(18)16-14(17)20/h10-11H,2-9H2,1H3,(H,16,18,20). The maximum Gasteiger partial charge on any atom is 0.331 e. The van der Waals surface area contributed by atoms with Gasteiger partial charge in [0.05, 0.1) is 0 Å². The summed E-state index contributed by atoms with van der Waals surface area (Å²) >= 11 is 0. The van der Waals surface area contributed by atoms with Crippen molar-refractivity contribution in [2.24, 2.45) is 11.3 Å². The van der Waals surface area contributed by atoms with E-state index in [1.807, 2.05) is 0 Å². The summed E-state index contributed by atoms with van der Waals surface area (Å²) in [6, 6.07) is -0.528. The molecule has 2 unspecified atom stereocenters. The number of imide groups is 2. The van der Waals surface area contributed by atoms with Crippen LogP contribution in [0.4, 0.5) is 4.79 Å². The fourth-order valence-electron chi connectivity index (χ4n) is 4.04. The van der Waals surface area contributed by atoms with E-state index in [4.69, 9.17) is 0 Å². The molecule has 3 fully saturated rings. The molecular formula is C15H22N2O3. The molecule has 1 spiro atoms. The summed E-state index contributed by atoms with van der Waals surface area (Å²) < 4.78 is 0. The van der Waals surface area contributed by atoms with Crippen LogP contribution >= 0.6 is 0 Å². The van der Waals surface area contributed by atoms with Crippen molar-refractivity contribution >= 4 is 17.8 Å². The van der Waals surface area contributed by atoms with Crippen LogP contribution in [-0.2, 0) is 9.59 Å². The fraction of sp³-hybridized carbons (Fsp3) is 0.800. The van der Waals surface area contributed by atoms with Gasteiger partial charge in [0, 0.05) is 6.04 Å². The lowest BCUT2D eigenvalue weighted by Crippen LogP contribution is -2.66. The Morgan fingerprint density at radius 2 is 1.80 bits per heavy atom. The number of rotatable bonds is 1. The Bertz CT molecular complexity index is 454. The Kier molecular flexibility index (Phi) is 3.30. The number of hydrogen-bond donors (Lipinski definition) is 1. The van der Waals surface area contributed by atoms with E-state index in [-0.39, 0.29) is 17.9 Å². The number of urea groups is 1. The maximum atomic E-state index is 12.9. The lowest BCUT2D eigenvalue weighted by atomic mass is 9.71. The molecule has 5 nitrogen and oxygen atoms in total. The lowest BCUT2D eigenvalue weighted by Gasteiger charge is -2.43. The van der Waals surface area contributed by atoms with Crippen LogP contribution in [-0.4, -0.2) is 28.8 Å². The fourth-order valence-corrected chi connectivity index (χ4v) is 4.04. The molecule has 0 radical (unpaired) electrons. The molecule has 1 N–H and O–H groups in total. The molecule has 3 aliphatic rings. The SMILES string of the molecule is CC1CCC(N2C(=O)NC(=O)C3(CCCCC3)C2=O)C1. The summed E-state index contributed by atoms with van der Waals surface area (Å²) in [7, 11) is 0. The van der Waals surface area contributed by atoms with Gasteiger partial charge in [-0.3, -0.25) is 19.8 Å². The number of nitrogens with zero attached hydrogens (tertiary/aromatic N) is 1. The Morgan fingerprint density at radius 3 is 2.40 bits per heavy atom. The second kappa shape index (κ2) is 4.86. The van der Waals surface area contributed by atoms with Gasteiger partial charge in [-0.25, -0.2) is 4.79 Å². The van der Waals surface area contributed by atoms with Gasteiger partial charge >= 0.3 is 6.03 Å². The maximum absolute atomic E-state index is 12.9.